The summed E-state index contributed by atoms with van der Waals surface area (Å²) in [5.41, 5.74) is 4.81. The number of benzene rings is 2. The summed E-state index contributed by atoms with van der Waals surface area (Å²) in [5.74, 6) is 0.598. The molecular formula is C27H30N2O3. The maximum absolute atomic E-state index is 12.0. The summed E-state index contributed by atoms with van der Waals surface area (Å²) in [6.07, 6.45) is 6.33. The highest BCUT2D eigenvalue weighted by Crippen LogP contribution is 2.45. The van der Waals surface area contributed by atoms with E-state index in [1.165, 1.54) is 0 Å². The van der Waals surface area contributed by atoms with Gasteiger partial charge in [-0.1, -0.05) is 37.3 Å². The van der Waals surface area contributed by atoms with E-state index in [0.717, 1.165) is 53.5 Å². The lowest BCUT2D eigenvalue weighted by Crippen LogP contribution is -2.31. The van der Waals surface area contributed by atoms with E-state index in [9.17, 15) is 9.90 Å². The molecule has 0 saturated heterocycles. The van der Waals surface area contributed by atoms with Gasteiger partial charge in [0, 0.05) is 41.6 Å². The zero-order chi connectivity index (χ0) is 22.8. The zero-order valence-corrected chi connectivity index (χ0v) is 19.1. The van der Waals surface area contributed by atoms with Crippen molar-refractivity contribution < 1.29 is 14.6 Å². The number of fused-ring (bicyclic) bond motifs is 2. The number of allylic oxidation sites excluding steroid dienone is 1. The second-order valence-electron chi connectivity index (χ2n) is 8.05. The summed E-state index contributed by atoms with van der Waals surface area (Å²) in [5, 5.41) is 9.87. The predicted octanol–water partition coefficient (Wildman–Crippen LogP) is 5.20. The van der Waals surface area contributed by atoms with Crippen molar-refractivity contribution in [2.75, 3.05) is 31.6 Å². The minimum Gasteiger partial charge on any atom is -0.478 e. The molecule has 2 aromatic carbocycles. The molecule has 0 spiro atoms. The maximum atomic E-state index is 12.0. The molecule has 4 rings (SSSR count). The molecule has 5 heteroatoms. The Balaban J connectivity index is 1.95. The zero-order valence-electron chi connectivity index (χ0n) is 19.1. The van der Waals surface area contributed by atoms with Gasteiger partial charge in [-0.05, 0) is 57.3 Å². The Morgan fingerprint density at radius 3 is 2.47 bits per heavy atom. The van der Waals surface area contributed by atoms with E-state index < -0.39 is 5.97 Å². The molecule has 1 aliphatic carbocycles. The van der Waals surface area contributed by atoms with Crippen LogP contribution < -0.4 is 9.64 Å². The van der Waals surface area contributed by atoms with Crippen molar-refractivity contribution in [2.45, 2.75) is 26.8 Å². The van der Waals surface area contributed by atoms with Crippen LogP contribution in [0.4, 0.5) is 5.69 Å². The molecule has 1 atom stereocenters. The molecule has 0 fully saturated rings. The van der Waals surface area contributed by atoms with Crippen molar-refractivity contribution in [3.8, 4) is 5.75 Å². The topological polar surface area (TPSA) is 53.0 Å². The third kappa shape index (κ3) is 3.84. The van der Waals surface area contributed by atoms with Crippen LogP contribution in [0.1, 0.15) is 42.3 Å². The Morgan fingerprint density at radius 2 is 1.78 bits per heavy atom. The van der Waals surface area contributed by atoms with Gasteiger partial charge in [-0.15, -0.1) is 0 Å². The van der Waals surface area contributed by atoms with Crippen LogP contribution in [-0.4, -0.2) is 48.7 Å². The highest BCUT2D eigenvalue weighted by molar-refractivity contribution is 6.00. The normalized spacial score (nSPS) is 16.9. The third-order valence-corrected chi connectivity index (χ3v) is 6.33. The fourth-order valence-corrected chi connectivity index (χ4v) is 4.39. The molecule has 2 aliphatic rings. The van der Waals surface area contributed by atoms with Crippen LogP contribution in [0.15, 0.2) is 72.0 Å². The largest absolute Gasteiger partial charge is 0.478 e. The van der Waals surface area contributed by atoms with Gasteiger partial charge in [0.25, 0.3) is 0 Å². The second-order valence-corrected chi connectivity index (χ2v) is 8.05. The number of carboxylic acids is 1. The van der Waals surface area contributed by atoms with Crippen LogP contribution in [0.25, 0.3) is 5.57 Å². The summed E-state index contributed by atoms with van der Waals surface area (Å²) in [6, 6.07) is 13.5. The summed E-state index contributed by atoms with van der Waals surface area (Å²) < 4.78 is 6.44. The number of hydrogen-bond acceptors (Lipinski definition) is 4. The lowest BCUT2D eigenvalue weighted by molar-refractivity contribution is 0.0696. The lowest BCUT2D eigenvalue weighted by Gasteiger charge is -2.32. The molecule has 1 unspecified atom stereocenters. The minimum atomic E-state index is -0.935. The summed E-state index contributed by atoms with van der Waals surface area (Å²) in [4.78, 5) is 16.5. The second kappa shape index (κ2) is 9.05. The third-order valence-electron chi connectivity index (χ3n) is 6.33. The SMILES string of the molecule is CCN(CC)c1ccc2c(c1)OC1=CC(N(C)CC)C=CC1=C2c1ccccc1C(=O)O. The first-order chi connectivity index (χ1) is 15.5. The summed E-state index contributed by atoms with van der Waals surface area (Å²) >= 11 is 0. The Morgan fingerprint density at radius 1 is 1.03 bits per heavy atom. The molecule has 0 saturated carbocycles. The van der Waals surface area contributed by atoms with Crippen LogP contribution in [0, 0.1) is 0 Å². The van der Waals surface area contributed by atoms with Crippen LogP contribution >= 0.6 is 0 Å². The summed E-state index contributed by atoms with van der Waals surface area (Å²) in [6.45, 7) is 9.11. The van der Waals surface area contributed by atoms with Crippen LogP contribution in [0.5, 0.6) is 5.75 Å². The number of carbonyl (C=O) groups is 1. The molecular weight excluding hydrogens is 400 g/mol. The van der Waals surface area contributed by atoms with E-state index in [4.69, 9.17) is 4.74 Å². The molecule has 32 heavy (non-hydrogen) atoms. The molecule has 0 bridgehead atoms. The Hall–Kier alpha value is -3.31. The van der Waals surface area contributed by atoms with Crippen molar-refractivity contribution in [1.82, 2.24) is 4.90 Å². The number of aromatic carboxylic acids is 1. The van der Waals surface area contributed by atoms with E-state index in [1.807, 2.05) is 12.1 Å². The first kappa shape index (κ1) is 21.9. The van der Waals surface area contributed by atoms with Crippen molar-refractivity contribution in [3.63, 3.8) is 0 Å². The van der Waals surface area contributed by atoms with Crippen LogP contribution in [0.2, 0.25) is 0 Å². The van der Waals surface area contributed by atoms with Gasteiger partial charge < -0.3 is 14.7 Å². The van der Waals surface area contributed by atoms with Crippen molar-refractivity contribution >= 4 is 17.2 Å². The molecule has 0 aromatic heterocycles. The minimum absolute atomic E-state index is 0.127. The molecule has 2 aromatic rings. The number of ether oxygens (including phenoxy) is 1. The van der Waals surface area contributed by atoms with E-state index >= 15 is 0 Å². The van der Waals surface area contributed by atoms with Gasteiger partial charge in [-0.25, -0.2) is 4.79 Å². The van der Waals surface area contributed by atoms with Gasteiger partial charge in [0.05, 0.1) is 11.6 Å². The number of anilines is 1. The molecule has 5 nitrogen and oxygen atoms in total. The van der Waals surface area contributed by atoms with E-state index in [0.29, 0.717) is 5.56 Å². The first-order valence-corrected chi connectivity index (χ1v) is 11.2. The highest BCUT2D eigenvalue weighted by Gasteiger charge is 2.30. The smallest absolute Gasteiger partial charge is 0.336 e. The number of rotatable bonds is 7. The number of likely N-dealkylation sites (N-methyl/N-ethyl adjacent to an activating group) is 1. The number of carboxylic acid groups (broad SMARTS) is 1. The molecule has 1 aliphatic heterocycles. The first-order valence-electron chi connectivity index (χ1n) is 11.2. The standard InChI is InChI=1S/C27H30N2O3/c1-5-28(4)18-12-14-22-24(16-18)32-25-17-19(29(6-2)7-3)13-15-23(25)26(22)20-10-8-9-11-21(20)27(30)31/h8-18H,5-7H2,1-4H3,(H,30,31). The Bertz CT molecular complexity index is 1130. The van der Waals surface area contributed by atoms with Gasteiger partial charge in [-0.3, -0.25) is 4.90 Å². The lowest BCUT2D eigenvalue weighted by atomic mass is 9.85. The number of hydrogen-bond donors (Lipinski definition) is 1. The molecule has 1 heterocycles. The fraction of sp³-hybridized carbons (Fsp3) is 0.296. The van der Waals surface area contributed by atoms with Gasteiger partial charge in [0.1, 0.15) is 11.5 Å². The molecule has 166 valence electrons. The Labute approximate surface area is 189 Å². The van der Waals surface area contributed by atoms with Crippen LogP contribution in [0.3, 0.4) is 0 Å². The number of nitrogens with zero attached hydrogens (tertiary/aromatic N) is 2. The average Bonchev–Trinajstić information content (AvgIpc) is 2.82. The van der Waals surface area contributed by atoms with Crippen molar-refractivity contribution in [3.05, 3.63) is 88.7 Å². The van der Waals surface area contributed by atoms with Gasteiger partial charge in [0.2, 0.25) is 0 Å². The van der Waals surface area contributed by atoms with Crippen molar-refractivity contribution in [1.29, 1.82) is 0 Å². The Kier molecular flexibility index (Phi) is 6.19. The van der Waals surface area contributed by atoms with Crippen molar-refractivity contribution in [2.24, 2.45) is 0 Å². The van der Waals surface area contributed by atoms with Gasteiger partial charge >= 0.3 is 5.97 Å². The predicted molar refractivity (Wildman–Crippen MR) is 129 cm³/mol. The van der Waals surface area contributed by atoms with Gasteiger partial charge in [-0.2, -0.15) is 0 Å². The average molecular weight is 431 g/mol. The summed E-state index contributed by atoms with van der Waals surface area (Å²) in [7, 11) is 2.08. The van der Waals surface area contributed by atoms with Crippen LogP contribution in [-0.2, 0) is 0 Å². The fourth-order valence-electron chi connectivity index (χ4n) is 4.39. The molecule has 0 amide bonds. The molecule has 0 radical (unpaired) electrons. The van der Waals surface area contributed by atoms with E-state index in [-0.39, 0.29) is 11.6 Å². The maximum Gasteiger partial charge on any atom is 0.336 e. The molecule has 1 N–H and O–H groups in total. The highest BCUT2D eigenvalue weighted by atomic mass is 16.5. The van der Waals surface area contributed by atoms with E-state index in [1.54, 1.807) is 12.1 Å². The van der Waals surface area contributed by atoms with Gasteiger partial charge in [0.15, 0.2) is 0 Å². The monoisotopic (exact) mass is 430 g/mol. The van der Waals surface area contributed by atoms with E-state index in [2.05, 4.69) is 74.0 Å². The quantitative estimate of drug-likeness (QED) is 0.654.